The molecule has 3 heterocycles. The average molecular weight is 328 g/mol. The Labute approximate surface area is 143 Å². The lowest BCUT2D eigenvalue weighted by Gasteiger charge is -2.31. The van der Waals surface area contributed by atoms with E-state index in [9.17, 15) is 4.79 Å². The summed E-state index contributed by atoms with van der Waals surface area (Å²) < 4.78 is 0. The summed E-state index contributed by atoms with van der Waals surface area (Å²) >= 11 is 0. The van der Waals surface area contributed by atoms with Crippen LogP contribution in [0.15, 0.2) is 24.5 Å². The topological polar surface area (TPSA) is 61.0 Å². The number of hydrogen-bond donors (Lipinski definition) is 2. The Kier molecular flexibility index (Phi) is 5.51. The zero-order valence-electron chi connectivity index (χ0n) is 14.7. The molecule has 1 fully saturated rings. The standard InChI is InChI=1S/C19H28N4O/c1-14(2)12-22-19(24)15-5-9-23(10-6-15)11-7-16-13-21-18-17(16)4-3-8-20-18/h3-4,8,13-15H,5-7,9-12H2,1-2H3,(H,20,21)(H,22,24). The first-order chi connectivity index (χ1) is 11.6. The molecule has 0 bridgehead atoms. The number of pyridine rings is 1. The molecule has 1 aliphatic heterocycles. The number of rotatable bonds is 6. The maximum absolute atomic E-state index is 12.2. The molecule has 0 unspecified atom stereocenters. The summed E-state index contributed by atoms with van der Waals surface area (Å²) in [6, 6.07) is 4.11. The van der Waals surface area contributed by atoms with Gasteiger partial charge in [0.15, 0.2) is 0 Å². The van der Waals surface area contributed by atoms with E-state index in [1.807, 2.05) is 12.3 Å². The largest absolute Gasteiger partial charge is 0.356 e. The molecule has 0 aliphatic carbocycles. The number of likely N-dealkylation sites (tertiary alicyclic amines) is 1. The van der Waals surface area contributed by atoms with Gasteiger partial charge in [0.2, 0.25) is 5.91 Å². The molecule has 0 saturated carbocycles. The average Bonchev–Trinajstić information content (AvgIpc) is 3.01. The van der Waals surface area contributed by atoms with Gasteiger partial charge in [-0.15, -0.1) is 0 Å². The molecule has 1 aliphatic rings. The Balaban J connectivity index is 1.45. The summed E-state index contributed by atoms with van der Waals surface area (Å²) in [6.07, 6.45) is 6.86. The molecule has 0 spiro atoms. The van der Waals surface area contributed by atoms with E-state index in [0.717, 1.165) is 51.1 Å². The van der Waals surface area contributed by atoms with Gasteiger partial charge in [-0.1, -0.05) is 13.8 Å². The van der Waals surface area contributed by atoms with Gasteiger partial charge in [0.1, 0.15) is 5.65 Å². The minimum Gasteiger partial charge on any atom is -0.356 e. The van der Waals surface area contributed by atoms with Crippen molar-refractivity contribution in [2.45, 2.75) is 33.1 Å². The maximum Gasteiger partial charge on any atom is 0.223 e. The van der Waals surface area contributed by atoms with E-state index in [-0.39, 0.29) is 11.8 Å². The molecule has 0 atom stereocenters. The predicted octanol–water partition coefficient (Wildman–Crippen LogP) is 2.59. The van der Waals surface area contributed by atoms with Crippen LogP contribution in [0.3, 0.4) is 0 Å². The number of hydrogen-bond acceptors (Lipinski definition) is 3. The number of amides is 1. The summed E-state index contributed by atoms with van der Waals surface area (Å²) in [5.41, 5.74) is 2.29. The van der Waals surface area contributed by atoms with Crippen molar-refractivity contribution in [2.75, 3.05) is 26.2 Å². The molecule has 2 N–H and O–H groups in total. The van der Waals surface area contributed by atoms with Crippen LogP contribution in [0.25, 0.3) is 11.0 Å². The highest BCUT2D eigenvalue weighted by molar-refractivity contribution is 5.79. The van der Waals surface area contributed by atoms with Gasteiger partial charge < -0.3 is 15.2 Å². The van der Waals surface area contributed by atoms with Crippen molar-refractivity contribution in [1.82, 2.24) is 20.2 Å². The van der Waals surface area contributed by atoms with Crippen LogP contribution in [-0.4, -0.2) is 47.0 Å². The molecule has 5 nitrogen and oxygen atoms in total. The van der Waals surface area contributed by atoms with E-state index in [1.54, 1.807) is 0 Å². The number of nitrogens with one attached hydrogen (secondary N) is 2. The smallest absolute Gasteiger partial charge is 0.223 e. The van der Waals surface area contributed by atoms with Crippen LogP contribution in [0.2, 0.25) is 0 Å². The van der Waals surface area contributed by atoms with Crippen molar-refractivity contribution in [3.05, 3.63) is 30.1 Å². The van der Waals surface area contributed by atoms with Gasteiger partial charge in [-0.2, -0.15) is 0 Å². The predicted molar refractivity (Wildman–Crippen MR) is 96.8 cm³/mol. The fraction of sp³-hybridized carbons (Fsp3) is 0.579. The molecular formula is C19H28N4O. The first kappa shape index (κ1) is 17.0. The molecule has 2 aromatic heterocycles. The van der Waals surface area contributed by atoms with Crippen molar-refractivity contribution >= 4 is 16.9 Å². The van der Waals surface area contributed by atoms with Gasteiger partial charge in [-0.05, 0) is 56.0 Å². The minimum absolute atomic E-state index is 0.192. The lowest BCUT2D eigenvalue weighted by atomic mass is 9.95. The van der Waals surface area contributed by atoms with Crippen molar-refractivity contribution in [2.24, 2.45) is 11.8 Å². The van der Waals surface area contributed by atoms with E-state index in [4.69, 9.17) is 0 Å². The zero-order valence-corrected chi connectivity index (χ0v) is 14.7. The molecule has 2 aromatic rings. The summed E-state index contributed by atoms with van der Waals surface area (Å²) in [5, 5.41) is 4.30. The Bertz CT molecular complexity index is 671. The molecular weight excluding hydrogens is 300 g/mol. The van der Waals surface area contributed by atoms with Crippen LogP contribution in [-0.2, 0) is 11.2 Å². The second-order valence-electron chi connectivity index (χ2n) is 7.22. The Morgan fingerprint density at radius 3 is 2.96 bits per heavy atom. The number of carbonyl (C=O) groups is 1. The van der Waals surface area contributed by atoms with E-state index < -0.39 is 0 Å². The molecule has 24 heavy (non-hydrogen) atoms. The minimum atomic E-state index is 0.192. The normalized spacial score (nSPS) is 16.8. The van der Waals surface area contributed by atoms with Crippen molar-refractivity contribution in [3.8, 4) is 0 Å². The summed E-state index contributed by atoms with van der Waals surface area (Å²) in [5.74, 6) is 0.947. The quantitative estimate of drug-likeness (QED) is 0.857. The number of aromatic nitrogens is 2. The molecule has 130 valence electrons. The number of fused-ring (bicyclic) bond motifs is 1. The van der Waals surface area contributed by atoms with Gasteiger partial charge in [0.05, 0.1) is 0 Å². The SMILES string of the molecule is CC(C)CNC(=O)C1CCN(CCc2c[nH]c3ncccc23)CC1. The molecule has 1 saturated heterocycles. The van der Waals surface area contributed by atoms with Gasteiger partial charge in [0, 0.05) is 36.8 Å². The number of nitrogens with zero attached hydrogens (tertiary/aromatic N) is 2. The lowest BCUT2D eigenvalue weighted by Crippen LogP contribution is -2.41. The maximum atomic E-state index is 12.2. The fourth-order valence-electron chi connectivity index (χ4n) is 3.37. The van der Waals surface area contributed by atoms with Crippen LogP contribution in [0, 0.1) is 11.8 Å². The monoisotopic (exact) mass is 328 g/mol. The van der Waals surface area contributed by atoms with E-state index >= 15 is 0 Å². The van der Waals surface area contributed by atoms with E-state index in [1.165, 1.54) is 10.9 Å². The summed E-state index contributed by atoms with van der Waals surface area (Å²) in [6.45, 7) is 8.11. The highest BCUT2D eigenvalue weighted by atomic mass is 16.1. The first-order valence-corrected chi connectivity index (χ1v) is 9.04. The third kappa shape index (κ3) is 4.15. The van der Waals surface area contributed by atoms with Gasteiger partial charge >= 0.3 is 0 Å². The van der Waals surface area contributed by atoms with Gasteiger partial charge in [-0.3, -0.25) is 4.79 Å². The van der Waals surface area contributed by atoms with Crippen LogP contribution < -0.4 is 5.32 Å². The molecule has 0 radical (unpaired) electrons. The van der Waals surface area contributed by atoms with Crippen molar-refractivity contribution in [1.29, 1.82) is 0 Å². The summed E-state index contributed by atoms with van der Waals surface area (Å²) in [7, 11) is 0. The summed E-state index contributed by atoms with van der Waals surface area (Å²) in [4.78, 5) is 22.2. The van der Waals surface area contributed by atoms with Crippen LogP contribution >= 0.6 is 0 Å². The number of carbonyl (C=O) groups excluding carboxylic acids is 1. The third-order valence-corrected chi connectivity index (χ3v) is 4.88. The number of H-pyrrole nitrogens is 1. The van der Waals surface area contributed by atoms with Gasteiger partial charge in [0.25, 0.3) is 0 Å². The fourth-order valence-corrected chi connectivity index (χ4v) is 3.37. The highest BCUT2D eigenvalue weighted by Crippen LogP contribution is 2.20. The Morgan fingerprint density at radius 1 is 1.42 bits per heavy atom. The van der Waals surface area contributed by atoms with E-state index in [0.29, 0.717) is 5.92 Å². The number of aromatic amines is 1. The number of piperidine rings is 1. The van der Waals surface area contributed by atoms with Gasteiger partial charge in [-0.25, -0.2) is 4.98 Å². The second-order valence-corrected chi connectivity index (χ2v) is 7.22. The lowest BCUT2D eigenvalue weighted by molar-refractivity contribution is -0.126. The van der Waals surface area contributed by atoms with Crippen LogP contribution in [0.4, 0.5) is 0 Å². The molecule has 5 heteroatoms. The third-order valence-electron chi connectivity index (χ3n) is 4.88. The zero-order chi connectivity index (χ0) is 16.9. The molecule has 0 aromatic carbocycles. The van der Waals surface area contributed by atoms with E-state index in [2.05, 4.69) is 46.3 Å². The van der Waals surface area contributed by atoms with Crippen molar-refractivity contribution < 1.29 is 4.79 Å². The highest BCUT2D eigenvalue weighted by Gasteiger charge is 2.24. The Morgan fingerprint density at radius 2 is 2.21 bits per heavy atom. The van der Waals surface area contributed by atoms with Crippen LogP contribution in [0.5, 0.6) is 0 Å². The first-order valence-electron chi connectivity index (χ1n) is 9.04. The second kappa shape index (κ2) is 7.79. The molecule has 3 rings (SSSR count). The van der Waals surface area contributed by atoms with Crippen molar-refractivity contribution in [3.63, 3.8) is 0 Å². The Hall–Kier alpha value is -1.88. The molecule has 1 amide bonds. The van der Waals surface area contributed by atoms with Crippen LogP contribution in [0.1, 0.15) is 32.3 Å².